The predicted octanol–water partition coefficient (Wildman–Crippen LogP) is 4.11. The van der Waals surface area contributed by atoms with E-state index in [1.54, 1.807) is 7.11 Å². The largest absolute Gasteiger partial charge is 0.497 e. The van der Waals surface area contributed by atoms with Crippen molar-refractivity contribution in [2.24, 2.45) is 5.41 Å². The van der Waals surface area contributed by atoms with Crippen LogP contribution in [0, 0.1) is 5.41 Å². The summed E-state index contributed by atoms with van der Waals surface area (Å²) in [6, 6.07) is 8.07. The Balaban J connectivity index is 2.84. The van der Waals surface area contributed by atoms with Gasteiger partial charge in [-0.1, -0.05) is 19.1 Å². The third kappa shape index (κ3) is 3.29. The molecule has 0 aromatic heterocycles. The highest BCUT2D eigenvalue weighted by atomic mass is 35.5. The standard InChI is InChI=1S/C13H18Cl2O/c1-3-13(9-14,10-15)8-11-5-4-6-12(7-11)16-2/h4-7H,3,8-10H2,1-2H3. The first kappa shape index (κ1) is 13.7. The summed E-state index contributed by atoms with van der Waals surface area (Å²) in [6.07, 6.45) is 1.88. The lowest BCUT2D eigenvalue weighted by Crippen LogP contribution is -2.27. The molecule has 0 aliphatic carbocycles. The number of hydrogen-bond acceptors (Lipinski definition) is 1. The Labute approximate surface area is 108 Å². The Morgan fingerprint density at radius 2 is 1.94 bits per heavy atom. The fourth-order valence-electron chi connectivity index (χ4n) is 1.66. The minimum Gasteiger partial charge on any atom is -0.497 e. The topological polar surface area (TPSA) is 9.23 Å². The van der Waals surface area contributed by atoms with Crippen molar-refractivity contribution in [2.75, 3.05) is 18.9 Å². The zero-order valence-corrected chi connectivity index (χ0v) is 11.3. The van der Waals surface area contributed by atoms with Crippen molar-refractivity contribution in [1.82, 2.24) is 0 Å². The normalized spacial score (nSPS) is 11.5. The molecule has 0 amide bonds. The van der Waals surface area contributed by atoms with Gasteiger partial charge in [-0.2, -0.15) is 0 Å². The van der Waals surface area contributed by atoms with Crippen molar-refractivity contribution in [3.63, 3.8) is 0 Å². The van der Waals surface area contributed by atoms with Gasteiger partial charge in [-0.05, 0) is 30.5 Å². The van der Waals surface area contributed by atoms with Crippen LogP contribution in [0.3, 0.4) is 0 Å². The van der Waals surface area contributed by atoms with Gasteiger partial charge in [-0.25, -0.2) is 0 Å². The number of hydrogen-bond donors (Lipinski definition) is 0. The van der Waals surface area contributed by atoms with E-state index >= 15 is 0 Å². The Bertz CT molecular complexity index is 313. The van der Waals surface area contributed by atoms with Gasteiger partial charge in [0.1, 0.15) is 5.75 Å². The quantitative estimate of drug-likeness (QED) is 0.700. The molecule has 0 aliphatic heterocycles. The molecule has 1 rings (SSSR count). The summed E-state index contributed by atoms with van der Waals surface area (Å²) >= 11 is 12.1. The van der Waals surface area contributed by atoms with Gasteiger partial charge in [0.2, 0.25) is 0 Å². The Hall–Kier alpha value is -0.400. The monoisotopic (exact) mass is 260 g/mol. The zero-order valence-electron chi connectivity index (χ0n) is 9.80. The molecular weight excluding hydrogens is 243 g/mol. The molecule has 1 aromatic rings. The summed E-state index contributed by atoms with van der Waals surface area (Å²) in [5.74, 6) is 2.06. The number of ether oxygens (including phenoxy) is 1. The van der Waals surface area contributed by atoms with Crippen LogP contribution in [-0.4, -0.2) is 18.9 Å². The molecule has 0 spiro atoms. The molecule has 0 aliphatic rings. The van der Waals surface area contributed by atoms with Gasteiger partial charge in [0, 0.05) is 17.2 Å². The van der Waals surface area contributed by atoms with Crippen LogP contribution >= 0.6 is 23.2 Å². The molecule has 0 atom stereocenters. The highest BCUT2D eigenvalue weighted by Gasteiger charge is 2.26. The van der Waals surface area contributed by atoms with Crippen LogP contribution in [-0.2, 0) is 6.42 Å². The number of benzene rings is 1. The van der Waals surface area contributed by atoms with E-state index in [9.17, 15) is 0 Å². The lowest BCUT2D eigenvalue weighted by Gasteiger charge is -2.28. The van der Waals surface area contributed by atoms with Crippen molar-refractivity contribution in [3.8, 4) is 5.75 Å². The summed E-state index contributed by atoms with van der Waals surface area (Å²) in [5, 5.41) is 0. The first-order valence-corrected chi connectivity index (χ1v) is 6.51. The van der Waals surface area contributed by atoms with Crippen LogP contribution in [0.25, 0.3) is 0 Å². The number of rotatable bonds is 6. The van der Waals surface area contributed by atoms with Crippen LogP contribution in [0.5, 0.6) is 5.75 Å². The zero-order chi connectivity index (χ0) is 12.0. The molecule has 0 saturated heterocycles. The van der Waals surface area contributed by atoms with Gasteiger partial charge in [0.25, 0.3) is 0 Å². The van der Waals surface area contributed by atoms with Gasteiger partial charge >= 0.3 is 0 Å². The molecular formula is C13H18Cl2O. The molecule has 0 fully saturated rings. The highest BCUT2D eigenvalue weighted by Crippen LogP contribution is 2.31. The molecule has 0 radical (unpaired) electrons. The first-order valence-electron chi connectivity index (χ1n) is 5.44. The van der Waals surface area contributed by atoms with E-state index in [-0.39, 0.29) is 5.41 Å². The second-order valence-corrected chi connectivity index (χ2v) is 4.68. The van der Waals surface area contributed by atoms with Crippen LogP contribution in [0.4, 0.5) is 0 Å². The highest BCUT2D eigenvalue weighted by molar-refractivity contribution is 6.21. The van der Waals surface area contributed by atoms with E-state index in [2.05, 4.69) is 13.0 Å². The minimum absolute atomic E-state index is 0.00449. The maximum atomic E-state index is 6.03. The smallest absolute Gasteiger partial charge is 0.119 e. The molecule has 3 heteroatoms. The molecule has 16 heavy (non-hydrogen) atoms. The average molecular weight is 261 g/mol. The van der Waals surface area contributed by atoms with Gasteiger partial charge in [0.05, 0.1) is 7.11 Å². The van der Waals surface area contributed by atoms with E-state index in [1.165, 1.54) is 5.56 Å². The summed E-state index contributed by atoms with van der Waals surface area (Å²) in [7, 11) is 1.68. The molecule has 1 aromatic carbocycles. The number of methoxy groups -OCH3 is 1. The summed E-state index contributed by atoms with van der Waals surface area (Å²) in [6.45, 7) is 2.13. The van der Waals surface area contributed by atoms with E-state index in [0.29, 0.717) is 11.8 Å². The molecule has 0 saturated carbocycles. The molecule has 0 unspecified atom stereocenters. The third-order valence-electron chi connectivity index (χ3n) is 3.03. The molecule has 1 nitrogen and oxygen atoms in total. The number of alkyl halides is 2. The van der Waals surface area contributed by atoms with Crippen molar-refractivity contribution >= 4 is 23.2 Å². The molecule has 0 heterocycles. The Morgan fingerprint density at radius 3 is 2.44 bits per heavy atom. The second kappa shape index (κ2) is 6.36. The minimum atomic E-state index is -0.00449. The predicted molar refractivity (Wildman–Crippen MR) is 70.9 cm³/mol. The number of halogens is 2. The van der Waals surface area contributed by atoms with Gasteiger partial charge < -0.3 is 4.74 Å². The van der Waals surface area contributed by atoms with Crippen molar-refractivity contribution in [3.05, 3.63) is 29.8 Å². The Kier molecular flexibility index (Phi) is 5.43. The summed E-state index contributed by atoms with van der Waals surface area (Å²) in [4.78, 5) is 0. The maximum Gasteiger partial charge on any atom is 0.119 e. The van der Waals surface area contributed by atoms with Crippen molar-refractivity contribution in [2.45, 2.75) is 19.8 Å². The molecule has 0 N–H and O–H groups in total. The SMILES string of the molecule is CCC(CCl)(CCl)Cc1cccc(OC)c1. The average Bonchev–Trinajstić information content (AvgIpc) is 2.36. The van der Waals surface area contributed by atoms with Crippen LogP contribution < -0.4 is 4.74 Å². The van der Waals surface area contributed by atoms with Crippen LogP contribution in [0.1, 0.15) is 18.9 Å². The lowest BCUT2D eigenvalue weighted by atomic mass is 9.83. The van der Waals surface area contributed by atoms with E-state index in [1.807, 2.05) is 18.2 Å². The molecule has 90 valence electrons. The Morgan fingerprint density at radius 1 is 1.25 bits per heavy atom. The van der Waals surface area contributed by atoms with E-state index in [0.717, 1.165) is 18.6 Å². The van der Waals surface area contributed by atoms with E-state index in [4.69, 9.17) is 27.9 Å². The van der Waals surface area contributed by atoms with Crippen molar-refractivity contribution < 1.29 is 4.74 Å². The summed E-state index contributed by atoms with van der Waals surface area (Å²) in [5.41, 5.74) is 1.22. The fraction of sp³-hybridized carbons (Fsp3) is 0.538. The van der Waals surface area contributed by atoms with Gasteiger partial charge in [-0.15, -0.1) is 23.2 Å². The summed E-state index contributed by atoms with van der Waals surface area (Å²) < 4.78 is 5.20. The van der Waals surface area contributed by atoms with Gasteiger partial charge in [0.15, 0.2) is 0 Å². The lowest BCUT2D eigenvalue weighted by molar-refractivity contribution is 0.360. The van der Waals surface area contributed by atoms with Crippen LogP contribution in [0.2, 0.25) is 0 Å². The van der Waals surface area contributed by atoms with Gasteiger partial charge in [-0.3, -0.25) is 0 Å². The van der Waals surface area contributed by atoms with E-state index < -0.39 is 0 Å². The van der Waals surface area contributed by atoms with Crippen molar-refractivity contribution in [1.29, 1.82) is 0 Å². The first-order chi connectivity index (χ1) is 7.69. The fourth-order valence-corrected chi connectivity index (χ4v) is 2.51. The maximum absolute atomic E-state index is 6.03. The third-order valence-corrected chi connectivity index (χ3v) is 4.16. The van der Waals surface area contributed by atoms with Crippen LogP contribution in [0.15, 0.2) is 24.3 Å². The molecule has 0 bridgehead atoms. The second-order valence-electron chi connectivity index (χ2n) is 4.15.